The minimum absolute atomic E-state index is 0.110. The first-order chi connectivity index (χ1) is 9.04. The summed E-state index contributed by atoms with van der Waals surface area (Å²) in [5.74, 6) is 0.114. The van der Waals surface area contributed by atoms with Crippen LogP contribution in [0.5, 0.6) is 5.75 Å². The molecule has 1 saturated carbocycles. The van der Waals surface area contributed by atoms with E-state index in [2.05, 4.69) is 15.9 Å². The van der Waals surface area contributed by atoms with Crippen LogP contribution in [0.2, 0.25) is 5.02 Å². The summed E-state index contributed by atoms with van der Waals surface area (Å²) in [7, 11) is 0. The number of para-hydroxylation sites is 1. The van der Waals surface area contributed by atoms with Crippen LogP contribution in [0.15, 0.2) is 18.2 Å². The molecule has 0 N–H and O–H groups in total. The topological polar surface area (TPSA) is 61.6 Å². The summed E-state index contributed by atoms with van der Waals surface area (Å²) >= 11 is 9.45. The molecule has 5 nitrogen and oxygen atoms in total. The summed E-state index contributed by atoms with van der Waals surface area (Å²) in [5, 5.41) is 11.2. The highest BCUT2D eigenvalue weighted by Crippen LogP contribution is 2.40. The van der Waals surface area contributed by atoms with Crippen LogP contribution in [0.4, 0.5) is 5.69 Å². The largest absolute Gasteiger partial charge is 0.480 e. The summed E-state index contributed by atoms with van der Waals surface area (Å²) in [6.45, 7) is 2.46. The number of nitrogens with zero attached hydrogens (tertiary/aromatic N) is 1. The van der Waals surface area contributed by atoms with Gasteiger partial charge in [-0.1, -0.05) is 33.6 Å². The molecule has 0 saturated heterocycles. The first-order valence-corrected chi connectivity index (χ1v) is 7.19. The lowest BCUT2D eigenvalue weighted by atomic mass is 9.91. The highest BCUT2D eigenvalue weighted by atomic mass is 79.9. The number of alkyl halides is 1. The lowest BCUT2D eigenvalue weighted by molar-refractivity contribution is -0.386. The van der Waals surface area contributed by atoms with Crippen LogP contribution in [-0.4, -0.2) is 28.6 Å². The number of halogens is 2. The van der Waals surface area contributed by atoms with E-state index in [9.17, 15) is 10.1 Å². The summed E-state index contributed by atoms with van der Waals surface area (Å²) in [5.41, 5.74) is -0.124. The second-order valence-electron chi connectivity index (χ2n) is 4.17. The monoisotopic (exact) mass is 349 g/mol. The van der Waals surface area contributed by atoms with E-state index >= 15 is 0 Å². The molecule has 0 heterocycles. The molecule has 3 atom stereocenters. The fourth-order valence-corrected chi connectivity index (χ4v) is 3.03. The number of rotatable bonds is 5. The Hall–Kier alpha value is -0.850. The number of nitro groups is 1. The van der Waals surface area contributed by atoms with Crippen molar-refractivity contribution >= 4 is 33.2 Å². The third-order valence-electron chi connectivity index (χ3n) is 2.95. The van der Waals surface area contributed by atoms with E-state index in [0.717, 1.165) is 6.42 Å². The SMILES string of the molecule is CCOC1C(Br)CC1Oc1c(Cl)cccc1[N+](=O)[O-]. The first-order valence-electron chi connectivity index (χ1n) is 5.89. The quantitative estimate of drug-likeness (QED) is 0.463. The molecule has 104 valence electrons. The molecule has 1 aromatic carbocycles. The van der Waals surface area contributed by atoms with Gasteiger partial charge in [-0.3, -0.25) is 10.1 Å². The van der Waals surface area contributed by atoms with Crippen molar-refractivity contribution in [1.82, 2.24) is 0 Å². The van der Waals surface area contributed by atoms with Crippen LogP contribution in [0.25, 0.3) is 0 Å². The average Bonchev–Trinajstić information content (AvgIpc) is 2.37. The molecular formula is C12H13BrClNO4. The van der Waals surface area contributed by atoms with Crippen molar-refractivity contribution < 1.29 is 14.4 Å². The lowest BCUT2D eigenvalue weighted by Crippen LogP contribution is -2.52. The Morgan fingerprint density at radius 1 is 1.58 bits per heavy atom. The normalized spacial score (nSPS) is 25.7. The van der Waals surface area contributed by atoms with Crippen LogP contribution in [-0.2, 0) is 4.74 Å². The van der Waals surface area contributed by atoms with Gasteiger partial charge < -0.3 is 9.47 Å². The summed E-state index contributed by atoms with van der Waals surface area (Å²) in [6, 6.07) is 4.48. The zero-order valence-electron chi connectivity index (χ0n) is 10.2. The zero-order chi connectivity index (χ0) is 14.0. The molecule has 0 bridgehead atoms. The van der Waals surface area contributed by atoms with Crippen molar-refractivity contribution in [2.75, 3.05) is 6.61 Å². The molecular weight excluding hydrogens is 337 g/mol. The van der Waals surface area contributed by atoms with Crippen LogP contribution in [0.1, 0.15) is 13.3 Å². The molecule has 19 heavy (non-hydrogen) atoms. The van der Waals surface area contributed by atoms with Crippen LogP contribution >= 0.6 is 27.5 Å². The van der Waals surface area contributed by atoms with E-state index < -0.39 is 4.92 Å². The van der Waals surface area contributed by atoms with Gasteiger partial charge in [-0.25, -0.2) is 0 Å². The maximum atomic E-state index is 11.0. The summed E-state index contributed by atoms with van der Waals surface area (Å²) in [6.07, 6.45) is 0.399. The average molecular weight is 351 g/mol. The summed E-state index contributed by atoms with van der Waals surface area (Å²) < 4.78 is 11.2. The number of benzene rings is 1. The third kappa shape index (κ3) is 3.01. The number of hydrogen-bond donors (Lipinski definition) is 0. The van der Waals surface area contributed by atoms with Crippen molar-refractivity contribution in [1.29, 1.82) is 0 Å². The van der Waals surface area contributed by atoms with Gasteiger partial charge in [0, 0.05) is 23.9 Å². The van der Waals surface area contributed by atoms with Gasteiger partial charge in [0.1, 0.15) is 12.2 Å². The predicted octanol–water partition coefficient (Wildman–Crippen LogP) is 3.57. The van der Waals surface area contributed by atoms with E-state index in [1.165, 1.54) is 12.1 Å². The number of ether oxygens (including phenoxy) is 2. The van der Waals surface area contributed by atoms with Gasteiger partial charge in [0.25, 0.3) is 0 Å². The van der Waals surface area contributed by atoms with Crippen LogP contribution in [0.3, 0.4) is 0 Å². The molecule has 0 aliphatic heterocycles. The lowest BCUT2D eigenvalue weighted by Gasteiger charge is -2.40. The number of hydrogen-bond acceptors (Lipinski definition) is 4. The Labute approximate surface area is 124 Å². The van der Waals surface area contributed by atoms with E-state index in [1.807, 2.05) is 6.92 Å². The van der Waals surface area contributed by atoms with Crippen LogP contribution < -0.4 is 4.74 Å². The van der Waals surface area contributed by atoms with Crippen molar-refractivity contribution in [3.63, 3.8) is 0 Å². The second-order valence-corrected chi connectivity index (χ2v) is 5.76. The second kappa shape index (κ2) is 6.07. The van der Waals surface area contributed by atoms with Crippen LogP contribution in [0, 0.1) is 10.1 Å². The van der Waals surface area contributed by atoms with Gasteiger partial charge in [0.15, 0.2) is 0 Å². The predicted molar refractivity (Wildman–Crippen MR) is 75.3 cm³/mol. The maximum Gasteiger partial charge on any atom is 0.312 e. The molecule has 1 aromatic rings. The van der Waals surface area contributed by atoms with Crippen molar-refractivity contribution in [2.45, 2.75) is 30.4 Å². The molecule has 0 spiro atoms. The van der Waals surface area contributed by atoms with Gasteiger partial charge in [0.05, 0.1) is 9.95 Å². The highest BCUT2D eigenvalue weighted by Gasteiger charge is 2.43. The minimum Gasteiger partial charge on any atom is -0.480 e. The third-order valence-corrected chi connectivity index (χ3v) is 4.14. The summed E-state index contributed by atoms with van der Waals surface area (Å²) in [4.78, 5) is 10.7. The molecule has 0 radical (unpaired) electrons. The Balaban J connectivity index is 2.17. The highest BCUT2D eigenvalue weighted by molar-refractivity contribution is 9.09. The maximum absolute atomic E-state index is 11.0. The standard InChI is InChI=1S/C12H13BrClNO4/c1-2-18-11-7(13)6-10(11)19-12-8(14)4-3-5-9(12)15(16)17/h3-5,7,10-11H,2,6H2,1H3. The number of nitro benzene ring substituents is 1. The van der Waals surface area contributed by atoms with Crippen molar-refractivity contribution in [2.24, 2.45) is 0 Å². The molecule has 0 aromatic heterocycles. The molecule has 2 rings (SSSR count). The van der Waals surface area contributed by atoms with Gasteiger partial charge in [-0.05, 0) is 13.0 Å². The smallest absolute Gasteiger partial charge is 0.312 e. The fourth-order valence-electron chi connectivity index (χ4n) is 1.96. The molecule has 1 fully saturated rings. The van der Waals surface area contributed by atoms with E-state index in [1.54, 1.807) is 6.07 Å². The molecule has 0 amide bonds. The zero-order valence-corrected chi connectivity index (χ0v) is 12.6. The van der Waals surface area contributed by atoms with Crippen molar-refractivity contribution in [3.8, 4) is 5.75 Å². The van der Waals surface area contributed by atoms with Gasteiger partial charge in [-0.2, -0.15) is 0 Å². The fraction of sp³-hybridized carbons (Fsp3) is 0.500. The van der Waals surface area contributed by atoms with E-state index in [0.29, 0.717) is 6.61 Å². The van der Waals surface area contributed by atoms with Crippen molar-refractivity contribution in [3.05, 3.63) is 33.3 Å². The van der Waals surface area contributed by atoms with Gasteiger partial charge >= 0.3 is 5.69 Å². The Morgan fingerprint density at radius 2 is 2.32 bits per heavy atom. The van der Waals surface area contributed by atoms with Gasteiger partial charge in [-0.15, -0.1) is 0 Å². The molecule has 3 unspecified atom stereocenters. The minimum atomic E-state index is -0.499. The Morgan fingerprint density at radius 3 is 2.89 bits per heavy atom. The van der Waals surface area contributed by atoms with Gasteiger partial charge in [0.2, 0.25) is 5.75 Å². The molecule has 7 heteroatoms. The van der Waals surface area contributed by atoms with E-state index in [-0.39, 0.29) is 33.5 Å². The molecule has 1 aliphatic rings. The molecule has 1 aliphatic carbocycles. The Kier molecular flexibility index (Phi) is 4.65. The Bertz CT molecular complexity index is 485. The van der Waals surface area contributed by atoms with E-state index in [4.69, 9.17) is 21.1 Å². The first kappa shape index (κ1) is 14.6.